The van der Waals surface area contributed by atoms with E-state index in [1.807, 2.05) is 12.2 Å². The van der Waals surface area contributed by atoms with E-state index in [0.29, 0.717) is 24.4 Å². The third kappa shape index (κ3) is 3.79. The Labute approximate surface area is 132 Å². The molecular weight excluding hydrogens is 280 g/mol. The van der Waals surface area contributed by atoms with Crippen LogP contribution in [0.25, 0.3) is 0 Å². The number of fused-ring (bicyclic) bond motifs is 1. The maximum absolute atomic E-state index is 12.4. The quantitative estimate of drug-likeness (QED) is 0.391. The van der Waals surface area contributed by atoms with Crippen LogP contribution in [0.4, 0.5) is 0 Å². The summed E-state index contributed by atoms with van der Waals surface area (Å²) in [7, 11) is 0. The normalized spacial score (nSPS) is 22.8. The summed E-state index contributed by atoms with van der Waals surface area (Å²) in [5.74, 6) is -0.661. The molecule has 0 heterocycles. The van der Waals surface area contributed by atoms with Gasteiger partial charge in [-0.15, -0.1) is 0 Å². The average molecular weight is 306 g/mol. The number of carbonyl (C=O) groups is 2. The van der Waals surface area contributed by atoms with Crippen molar-refractivity contribution in [3.05, 3.63) is 23.3 Å². The molecule has 3 rings (SSSR count). The van der Waals surface area contributed by atoms with Crippen molar-refractivity contribution in [3.63, 3.8) is 0 Å². The average Bonchev–Trinajstić information content (AvgIpc) is 2.55. The second-order valence-electron chi connectivity index (χ2n) is 5.98. The van der Waals surface area contributed by atoms with Crippen LogP contribution in [0, 0.1) is 11.8 Å². The van der Waals surface area contributed by atoms with E-state index in [-0.39, 0.29) is 23.8 Å². The van der Waals surface area contributed by atoms with Crippen LogP contribution in [-0.4, -0.2) is 25.2 Å². The lowest BCUT2D eigenvalue weighted by atomic mass is 9.71. The monoisotopic (exact) mass is 306 g/mol. The summed E-state index contributed by atoms with van der Waals surface area (Å²) in [6.45, 7) is 4.93. The first-order valence-electron chi connectivity index (χ1n) is 8.45. The standard InChI is InChI=1S/C18H26O4/c1-3-5-11-21-17(19)15-13-7-9-14(10-8-13)16(15)18(20)22-12-6-4-2/h7,9,13-14H,3-6,8,10-12H2,1-2H3. The molecule has 0 radical (unpaired) electrons. The Morgan fingerprint density at radius 1 is 0.909 bits per heavy atom. The topological polar surface area (TPSA) is 52.6 Å². The summed E-state index contributed by atoms with van der Waals surface area (Å²) in [5.41, 5.74) is 1.08. The van der Waals surface area contributed by atoms with E-state index in [0.717, 1.165) is 38.5 Å². The molecule has 0 aromatic rings. The van der Waals surface area contributed by atoms with Crippen LogP contribution in [0.5, 0.6) is 0 Å². The van der Waals surface area contributed by atoms with Gasteiger partial charge < -0.3 is 9.47 Å². The smallest absolute Gasteiger partial charge is 0.335 e. The van der Waals surface area contributed by atoms with Gasteiger partial charge in [-0.1, -0.05) is 38.8 Å². The van der Waals surface area contributed by atoms with Gasteiger partial charge in [0.1, 0.15) is 0 Å². The van der Waals surface area contributed by atoms with Crippen molar-refractivity contribution in [3.8, 4) is 0 Å². The van der Waals surface area contributed by atoms with E-state index < -0.39 is 0 Å². The van der Waals surface area contributed by atoms with Gasteiger partial charge >= 0.3 is 11.9 Å². The Morgan fingerprint density at radius 2 is 1.32 bits per heavy atom. The molecule has 0 spiro atoms. The number of esters is 2. The third-order valence-electron chi connectivity index (χ3n) is 4.30. The minimum Gasteiger partial charge on any atom is -0.462 e. The summed E-state index contributed by atoms with van der Waals surface area (Å²) in [4.78, 5) is 24.8. The van der Waals surface area contributed by atoms with Crippen LogP contribution in [-0.2, 0) is 19.1 Å². The SMILES string of the molecule is CCCCOC(=O)C1=C(C(=O)OCCCC)C2C=CC1CC2. The van der Waals surface area contributed by atoms with Gasteiger partial charge in [-0.05, 0) is 25.7 Å². The molecule has 2 unspecified atom stereocenters. The molecule has 0 fully saturated rings. The van der Waals surface area contributed by atoms with E-state index in [4.69, 9.17) is 9.47 Å². The number of unbranched alkanes of at least 4 members (excludes halogenated alkanes) is 2. The molecule has 4 nitrogen and oxygen atoms in total. The second-order valence-corrected chi connectivity index (χ2v) is 5.98. The molecule has 122 valence electrons. The molecule has 0 saturated heterocycles. The molecule has 0 saturated carbocycles. The number of carbonyl (C=O) groups excluding carboxylic acids is 2. The first kappa shape index (κ1) is 16.8. The zero-order chi connectivity index (χ0) is 15.9. The van der Waals surface area contributed by atoms with Gasteiger partial charge in [-0.2, -0.15) is 0 Å². The largest absolute Gasteiger partial charge is 0.462 e. The van der Waals surface area contributed by atoms with Gasteiger partial charge in [0.05, 0.1) is 24.4 Å². The molecular formula is C18H26O4. The summed E-state index contributed by atoms with van der Waals surface area (Å²) >= 11 is 0. The molecule has 0 aliphatic heterocycles. The van der Waals surface area contributed by atoms with Crippen molar-refractivity contribution in [1.82, 2.24) is 0 Å². The van der Waals surface area contributed by atoms with E-state index in [1.54, 1.807) is 0 Å². The molecule has 3 aliphatic rings. The van der Waals surface area contributed by atoms with Crippen molar-refractivity contribution >= 4 is 11.9 Å². The molecule has 0 aromatic heterocycles. The first-order chi connectivity index (χ1) is 10.7. The van der Waals surface area contributed by atoms with Gasteiger partial charge in [-0.25, -0.2) is 9.59 Å². The first-order valence-corrected chi connectivity index (χ1v) is 8.45. The van der Waals surface area contributed by atoms with Gasteiger partial charge in [0.15, 0.2) is 0 Å². The van der Waals surface area contributed by atoms with Crippen LogP contribution in [0.1, 0.15) is 52.4 Å². The minimum absolute atomic E-state index is 0.00727. The minimum atomic E-state index is -0.338. The molecule has 2 bridgehead atoms. The number of allylic oxidation sites excluding steroid dienone is 2. The molecule has 0 amide bonds. The van der Waals surface area contributed by atoms with Gasteiger partial charge in [0.25, 0.3) is 0 Å². The Hall–Kier alpha value is -1.58. The number of ether oxygens (including phenoxy) is 2. The Kier molecular flexibility index (Phi) is 6.22. The van der Waals surface area contributed by atoms with Crippen molar-refractivity contribution in [2.75, 3.05) is 13.2 Å². The molecule has 3 aliphatic carbocycles. The van der Waals surface area contributed by atoms with Gasteiger partial charge in [0, 0.05) is 11.8 Å². The molecule has 4 heteroatoms. The highest BCUT2D eigenvalue weighted by atomic mass is 16.5. The highest BCUT2D eigenvalue weighted by molar-refractivity contribution is 6.02. The van der Waals surface area contributed by atoms with Crippen molar-refractivity contribution in [2.24, 2.45) is 11.8 Å². The van der Waals surface area contributed by atoms with E-state index in [2.05, 4.69) is 13.8 Å². The van der Waals surface area contributed by atoms with Gasteiger partial charge in [0.2, 0.25) is 0 Å². The number of hydrogen-bond acceptors (Lipinski definition) is 4. The zero-order valence-corrected chi connectivity index (χ0v) is 13.6. The summed E-state index contributed by atoms with van der Waals surface area (Å²) in [6.07, 6.45) is 9.53. The van der Waals surface area contributed by atoms with Crippen molar-refractivity contribution < 1.29 is 19.1 Å². The maximum atomic E-state index is 12.4. The van der Waals surface area contributed by atoms with Crippen molar-refractivity contribution in [1.29, 1.82) is 0 Å². The fourth-order valence-electron chi connectivity index (χ4n) is 3.00. The van der Waals surface area contributed by atoms with Crippen LogP contribution in [0.3, 0.4) is 0 Å². The lowest BCUT2D eigenvalue weighted by Gasteiger charge is -2.33. The maximum Gasteiger partial charge on any atom is 0.335 e. The number of hydrogen-bond donors (Lipinski definition) is 0. The molecule has 0 N–H and O–H groups in total. The van der Waals surface area contributed by atoms with Gasteiger partial charge in [-0.3, -0.25) is 0 Å². The Bertz CT molecular complexity index is 433. The van der Waals surface area contributed by atoms with E-state index >= 15 is 0 Å². The molecule has 22 heavy (non-hydrogen) atoms. The predicted octanol–water partition coefficient (Wildman–Crippen LogP) is 3.57. The summed E-state index contributed by atoms with van der Waals surface area (Å²) in [6, 6.07) is 0. The zero-order valence-electron chi connectivity index (χ0n) is 13.6. The van der Waals surface area contributed by atoms with Crippen LogP contribution >= 0.6 is 0 Å². The fraction of sp³-hybridized carbons (Fsp3) is 0.667. The van der Waals surface area contributed by atoms with E-state index in [9.17, 15) is 9.59 Å². The lowest BCUT2D eigenvalue weighted by molar-refractivity contribution is -0.143. The van der Waals surface area contributed by atoms with Crippen LogP contribution in [0.15, 0.2) is 23.3 Å². The highest BCUT2D eigenvalue weighted by Gasteiger charge is 2.39. The Balaban J connectivity index is 2.13. The summed E-state index contributed by atoms with van der Waals surface area (Å²) in [5, 5.41) is 0. The van der Waals surface area contributed by atoms with Crippen LogP contribution in [0.2, 0.25) is 0 Å². The summed E-state index contributed by atoms with van der Waals surface area (Å²) < 4.78 is 10.7. The fourth-order valence-corrected chi connectivity index (χ4v) is 3.00. The highest BCUT2D eigenvalue weighted by Crippen LogP contribution is 2.41. The molecule has 2 atom stereocenters. The van der Waals surface area contributed by atoms with Crippen molar-refractivity contribution in [2.45, 2.75) is 52.4 Å². The lowest BCUT2D eigenvalue weighted by Crippen LogP contribution is -2.32. The van der Waals surface area contributed by atoms with E-state index in [1.165, 1.54) is 0 Å². The Morgan fingerprint density at radius 3 is 1.64 bits per heavy atom. The molecule has 0 aromatic carbocycles. The number of rotatable bonds is 8. The third-order valence-corrected chi connectivity index (χ3v) is 4.30. The predicted molar refractivity (Wildman–Crippen MR) is 84.1 cm³/mol. The van der Waals surface area contributed by atoms with Crippen LogP contribution < -0.4 is 0 Å². The second kappa shape index (κ2) is 8.16.